The highest BCUT2D eigenvalue weighted by molar-refractivity contribution is 9.10. The molecule has 3 atom stereocenters. The fourth-order valence-electron chi connectivity index (χ4n) is 4.75. The molecule has 1 saturated heterocycles. The minimum absolute atomic E-state index is 0.00719. The van der Waals surface area contributed by atoms with E-state index in [0.717, 1.165) is 27.7 Å². The van der Waals surface area contributed by atoms with Crippen molar-refractivity contribution >= 4 is 27.7 Å². The van der Waals surface area contributed by atoms with Crippen LogP contribution in [0.3, 0.4) is 0 Å². The van der Waals surface area contributed by atoms with Crippen molar-refractivity contribution < 1.29 is 9.53 Å². The van der Waals surface area contributed by atoms with E-state index in [1.165, 1.54) is 5.56 Å². The Morgan fingerprint density at radius 1 is 1.03 bits per heavy atom. The van der Waals surface area contributed by atoms with Gasteiger partial charge in [0.05, 0.1) is 12.1 Å². The smallest absolute Gasteiger partial charge is 0.410 e. The predicted octanol–water partition coefficient (Wildman–Crippen LogP) is 6.32. The van der Waals surface area contributed by atoms with Gasteiger partial charge in [-0.15, -0.1) is 0 Å². The van der Waals surface area contributed by atoms with E-state index in [0.29, 0.717) is 19.1 Å². The summed E-state index contributed by atoms with van der Waals surface area (Å²) >= 11 is 3.60. The second kappa shape index (κ2) is 8.15. The number of benzene rings is 3. The molecule has 0 unspecified atom stereocenters. The van der Waals surface area contributed by atoms with Crippen molar-refractivity contribution in [2.24, 2.45) is 5.92 Å². The van der Waals surface area contributed by atoms with Crippen molar-refractivity contribution in [3.63, 3.8) is 0 Å². The zero-order chi connectivity index (χ0) is 20.5. The molecule has 1 amide bonds. The van der Waals surface area contributed by atoms with Gasteiger partial charge in [-0.1, -0.05) is 76.6 Å². The number of carbonyl (C=O) groups excluding carboxylic acids is 1. The van der Waals surface area contributed by atoms with Gasteiger partial charge >= 0.3 is 6.09 Å². The zero-order valence-electron chi connectivity index (χ0n) is 16.5. The van der Waals surface area contributed by atoms with Crippen LogP contribution in [0.4, 0.5) is 10.5 Å². The number of carbonyl (C=O) groups is 1. The van der Waals surface area contributed by atoms with Crippen LogP contribution in [0.1, 0.15) is 35.2 Å². The quantitative estimate of drug-likeness (QED) is 0.495. The molecule has 2 aliphatic rings. The molecule has 0 aromatic heterocycles. The maximum Gasteiger partial charge on any atom is 0.410 e. The predicted molar refractivity (Wildman–Crippen MR) is 121 cm³/mol. The number of hydrogen-bond acceptors (Lipinski definition) is 3. The summed E-state index contributed by atoms with van der Waals surface area (Å²) in [4.78, 5) is 15.0. The molecule has 5 heteroatoms. The third-order valence-electron chi connectivity index (χ3n) is 6.11. The Kier molecular flexibility index (Phi) is 5.21. The van der Waals surface area contributed by atoms with Gasteiger partial charge in [-0.3, -0.25) is 0 Å². The number of amides is 1. The molecule has 0 bridgehead atoms. The first kappa shape index (κ1) is 19.2. The molecule has 4 nitrogen and oxygen atoms in total. The molecule has 5 rings (SSSR count). The first-order chi connectivity index (χ1) is 14.7. The molecule has 0 radical (unpaired) electrons. The highest BCUT2D eigenvalue weighted by atomic mass is 79.9. The van der Waals surface area contributed by atoms with Gasteiger partial charge in [0.1, 0.15) is 6.61 Å². The number of likely N-dealkylation sites (tertiary alicyclic amines) is 1. The van der Waals surface area contributed by atoms with Crippen LogP contribution >= 0.6 is 15.9 Å². The molecule has 0 spiro atoms. The minimum Gasteiger partial charge on any atom is -0.445 e. The first-order valence-electron chi connectivity index (χ1n) is 10.3. The summed E-state index contributed by atoms with van der Waals surface area (Å²) in [7, 11) is 0. The molecule has 3 aromatic rings. The molecule has 2 aliphatic heterocycles. The van der Waals surface area contributed by atoms with E-state index >= 15 is 0 Å². The van der Waals surface area contributed by atoms with Gasteiger partial charge in [0.2, 0.25) is 0 Å². The highest BCUT2D eigenvalue weighted by Crippen LogP contribution is 2.51. The molecule has 2 heterocycles. The van der Waals surface area contributed by atoms with E-state index in [9.17, 15) is 4.79 Å². The van der Waals surface area contributed by atoms with Crippen molar-refractivity contribution in [3.8, 4) is 0 Å². The summed E-state index contributed by atoms with van der Waals surface area (Å²) in [5, 5.41) is 3.73. The van der Waals surface area contributed by atoms with Crippen LogP contribution in [-0.2, 0) is 11.3 Å². The Bertz CT molecular complexity index is 1040. The van der Waals surface area contributed by atoms with Gasteiger partial charge < -0.3 is 15.0 Å². The van der Waals surface area contributed by atoms with Crippen molar-refractivity contribution in [1.29, 1.82) is 0 Å². The van der Waals surface area contributed by atoms with Gasteiger partial charge in [0, 0.05) is 22.6 Å². The van der Waals surface area contributed by atoms with E-state index in [4.69, 9.17) is 4.74 Å². The number of halogens is 1. The van der Waals surface area contributed by atoms with Gasteiger partial charge in [0.25, 0.3) is 0 Å². The SMILES string of the molecule is O=C(OCc1ccccc1)N1CC[C@@H]2[C@H]1c1cc(Br)ccc1N[C@H]2c1ccccc1. The number of hydrogen-bond donors (Lipinski definition) is 1. The summed E-state index contributed by atoms with van der Waals surface area (Å²) in [5.74, 6) is 0.290. The second-order valence-corrected chi connectivity index (χ2v) is 8.81. The van der Waals surface area contributed by atoms with Crippen molar-refractivity contribution in [3.05, 3.63) is 100 Å². The molecule has 30 heavy (non-hydrogen) atoms. The summed E-state index contributed by atoms with van der Waals surface area (Å²) in [6, 6.07) is 26.8. The van der Waals surface area contributed by atoms with Crippen molar-refractivity contribution in [2.75, 3.05) is 11.9 Å². The van der Waals surface area contributed by atoms with Gasteiger partial charge in [-0.25, -0.2) is 4.79 Å². The molecule has 0 aliphatic carbocycles. The molecule has 1 N–H and O–H groups in total. The maximum atomic E-state index is 13.1. The maximum absolute atomic E-state index is 13.1. The van der Waals surface area contributed by atoms with Crippen LogP contribution in [0, 0.1) is 5.92 Å². The Morgan fingerprint density at radius 2 is 1.77 bits per heavy atom. The molecule has 0 saturated carbocycles. The van der Waals surface area contributed by atoms with Crippen LogP contribution in [-0.4, -0.2) is 17.5 Å². The van der Waals surface area contributed by atoms with Crippen LogP contribution in [0.15, 0.2) is 83.3 Å². The summed E-state index contributed by atoms with van der Waals surface area (Å²) < 4.78 is 6.72. The van der Waals surface area contributed by atoms with Crippen LogP contribution < -0.4 is 5.32 Å². The van der Waals surface area contributed by atoms with E-state index in [1.54, 1.807) is 0 Å². The van der Waals surface area contributed by atoms with Gasteiger partial charge in [-0.05, 0) is 41.3 Å². The van der Waals surface area contributed by atoms with E-state index in [1.807, 2.05) is 47.4 Å². The number of fused-ring (bicyclic) bond motifs is 3. The van der Waals surface area contributed by atoms with Crippen LogP contribution in [0.2, 0.25) is 0 Å². The lowest BCUT2D eigenvalue weighted by Gasteiger charge is -2.39. The van der Waals surface area contributed by atoms with Gasteiger partial charge in [-0.2, -0.15) is 0 Å². The highest BCUT2D eigenvalue weighted by Gasteiger charge is 2.46. The van der Waals surface area contributed by atoms with Crippen molar-refractivity contribution in [1.82, 2.24) is 4.90 Å². The topological polar surface area (TPSA) is 41.6 Å². The molecule has 152 valence electrons. The fourth-order valence-corrected chi connectivity index (χ4v) is 5.12. The molecule has 1 fully saturated rings. The number of nitrogens with zero attached hydrogens (tertiary/aromatic N) is 1. The Labute approximate surface area is 185 Å². The number of nitrogens with one attached hydrogen (secondary N) is 1. The standard InChI is InChI=1S/C25H23BrN2O2/c26-19-11-12-22-21(15-19)24-20(23(27-22)18-9-5-2-6-10-18)13-14-28(24)25(29)30-16-17-7-3-1-4-8-17/h1-12,15,20,23-24,27H,13-14,16H2/t20-,23-,24-/m0/s1. The Hall–Kier alpha value is -2.79. The Balaban J connectivity index is 1.45. The number of ether oxygens (including phenoxy) is 1. The van der Waals surface area contributed by atoms with Crippen LogP contribution in [0.25, 0.3) is 0 Å². The molecular weight excluding hydrogens is 440 g/mol. The number of rotatable bonds is 3. The lowest BCUT2D eigenvalue weighted by molar-refractivity contribution is 0.0865. The van der Waals surface area contributed by atoms with E-state index < -0.39 is 0 Å². The largest absolute Gasteiger partial charge is 0.445 e. The molecular formula is C25H23BrN2O2. The number of anilines is 1. The third kappa shape index (κ3) is 3.58. The van der Waals surface area contributed by atoms with Gasteiger partial charge in [0.15, 0.2) is 0 Å². The molecule has 3 aromatic carbocycles. The average Bonchev–Trinajstić information content (AvgIpc) is 3.24. The summed E-state index contributed by atoms with van der Waals surface area (Å²) in [6.07, 6.45) is 0.690. The lowest BCUT2D eigenvalue weighted by atomic mass is 9.80. The van der Waals surface area contributed by atoms with E-state index in [-0.39, 0.29) is 18.2 Å². The lowest BCUT2D eigenvalue weighted by Crippen LogP contribution is -2.37. The van der Waals surface area contributed by atoms with Crippen LogP contribution in [0.5, 0.6) is 0 Å². The minimum atomic E-state index is -0.244. The third-order valence-corrected chi connectivity index (χ3v) is 6.61. The average molecular weight is 463 g/mol. The monoisotopic (exact) mass is 462 g/mol. The fraction of sp³-hybridized carbons (Fsp3) is 0.240. The Morgan fingerprint density at radius 3 is 2.53 bits per heavy atom. The zero-order valence-corrected chi connectivity index (χ0v) is 18.1. The van der Waals surface area contributed by atoms with E-state index in [2.05, 4.69) is 57.6 Å². The second-order valence-electron chi connectivity index (χ2n) is 7.90. The summed E-state index contributed by atoms with van der Waals surface area (Å²) in [5.41, 5.74) is 4.48. The van der Waals surface area contributed by atoms with Crippen molar-refractivity contribution in [2.45, 2.75) is 25.1 Å². The summed E-state index contributed by atoms with van der Waals surface area (Å²) in [6.45, 7) is 0.985. The normalized spacial score (nSPS) is 22.0. The first-order valence-corrected chi connectivity index (χ1v) is 11.1.